The van der Waals surface area contributed by atoms with Crippen LogP contribution in [0.2, 0.25) is 0 Å². The van der Waals surface area contributed by atoms with Gasteiger partial charge in [-0.05, 0) is 54.8 Å². The van der Waals surface area contributed by atoms with Crippen LogP contribution in [0.3, 0.4) is 0 Å². The molecule has 0 spiro atoms. The van der Waals surface area contributed by atoms with Crippen molar-refractivity contribution in [3.05, 3.63) is 59.2 Å². The lowest BCUT2D eigenvalue weighted by Crippen LogP contribution is -2.29. The third-order valence-electron chi connectivity index (χ3n) is 3.83. The molecule has 1 N–H and O–H groups in total. The molecule has 0 aliphatic carbocycles. The van der Waals surface area contributed by atoms with Crippen molar-refractivity contribution in [1.82, 2.24) is 5.32 Å². The molecule has 0 radical (unpaired) electrons. The Balaban J connectivity index is 1.59. The minimum atomic E-state index is 0.0298. The predicted molar refractivity (Wildman–Crippen MR) is 104 cm³/mol. The lowest BCUT2D eigenvalue weighted by molar-refractivity contribution is -0.118. The van der Waals surface area contributed by atoms with Gasteiger partial charge in [-0.2, -0.15) is 0 Å². The SMILES string of the molecule is COc1ccc(CSCC(=O)NCCOc2ccc(C)c(C)c2)cc1. The van der Waals surface area contributed by atoms with Crippen LogP contribution in [0, 0.1) is 13.8 Å². The molecule has 0 atom stereocenters. The Labute approximate surface area is 153 Å². The van der Waals surface area contributed by atoms with E-state index in [1.165, 1.54) is 16.7 Å². The van der Waals surface area contributed by atoms with Crippen molar-refractivity contribution in [3.8, 4) is 11.5 Å². The van der Waals surface area contributed by atoms with Crippen LogP contribution in [0.5, 0.6) is 11.5 Å². The number of benzene rings is 2. The first-order valence-corrected chi connectivity index (χ1v) is 9.41. The number of rotatable bonds is 9. The topological polar surface area (TPSA) is 47.6 Å². The van der Waals surface area contributed by atoms with Crippen molar-refractivity contribution < 1.29 is 14.3 Å². The molecule has 0 bridgehead atoms. The van der Waals surface area contributed by atoms with E-state index in [1.54, 1.807) is 18.9 Å². The van der Waals surface area contributed by atoms with Gasteiger partial charge in [0.1, 0.15) is 18.1 Å². The average Bonchev–Trinajstić information content (AvgIpc) is 2.62. The van der Waals surface area contributed by atoms with Crippen LogP contribution in [0.1, 0.15) is 16.7 Å². The standard InChI is InChI=1S/C20H25NO3S/c1-15-4-7-19(12-16(15)2)24-11-10-21-20(22)14-25-13-17-5-8-18(23-3)9-6-17/h4-9,12H,10-11,13-14H2,1-3H3,(H,21,22). The van der Waals surface area contributed by atoms with Gasteiger partial charge < -0.3 is 14.8 Å². The zero-order chi connectivity index (χ0) is 18.1. The molecule has 0 fully saturated rings. The van der Waals surface area contributed by atoms with Gasteiger partial charge in [0.15, 0.2) is 0 Å². The quantitative estimate of drug-likeness (QED) is 0.693. The van der Waals surface area contributed by atoms with Crippen LogP contribution >= 0.6 is 11.8 Å². The van der Waals surface area contributed by atoms with Gasteiger partial charge in [0.25, 0.3) is 0 Å². The summed E-state index contributed by atoms with van der Waals surface area (Å²) in [6.45, 7) is 5.11. The molecule has 0 heterocycles. The highest BCUT2D eigenvalue weighted by atomic mass is 32.2. The summed E-state index contributed by atoms with van der Waals surface area (Å²) in [6, 6.07) is 13.9. The Morgan fingerprint density at radius 3 is 2.44 bits per heavy atom. The number of nitrogens with one attached hydrogen (secondary N) is 1. The molecule has 0 saturated heterocycles. The Kier molecular flexibility index (Phi) is 7.67. The van der Waals surface area contributed by atoms with Gasteiger partial charge in [0.05, 0.1) is 19.4 Å². The summed E-state index contributed by atoms with van der Waals surface area (Å²) in [7, 11) is 1.65. The van der Waals surface area contributed by atoms with Crippen LogP contribution in [0.4, 0.5) is 0 Å². The number of ether oxygens (including phenoxy) is 2. The summed E-state index contributed by atoms with van der Waals surface area (Å²) in [6.07, 6.45) is 0. The van der Waals surface area contributed by atoms with Gasteiger partial charge in [0.2, 0.25) is 5.91 Å². The number of amides is 1. The first kappa shape index (κ1) is 19.2. The number of aryl methyl sites for hydroxylation is 2. The van der Waals surface area contributed by atoms with Crippen LogP contribution in [-0.2, 0) is 10.5 Å². The molecule has 25 heavy (non-hydrogen) atoms. The summed E-state index contributed by atoms with van der Waals surface area (Å²) in [5.74, 6) is 2.95. The van der Waals surface area contributed by atoms with E-state index in [1.807, 2.05) is 42.5 Å². The normalized spacial score (nSPS) is 10.4. The highest BCUT2D eigenvalue weighted by molar-refractivity contribution is 7.99. The van der Waals surface area contributed by atoms with Crippen LogP contribution in [-0.4, -0.2) is 31.9 Å². The molecule has 2 aromatic rings. The molecule has 134 valence electrons. The summed E-state index contributed by atoms with van der Waals surface area (Å²) < 4.78 is 10.8. The van der Waals surface area contributed by atoms with E-state index in [9.17, 15) is 4.79 Å². The van der Waals surface area contributed by atoms with Crippen molar-refractivity contribution in [2.45, 2.75) is 19.6 Å². The second-order valence-electron chi connectivity index (χ2n) is 5.79. The van der Waals surface area contributed by atoms with E-state index < -0.39 is 0 Å². The number of hydrogen-bond donors (Lipinski definition) is 1. The summed E-state index contributed by atoms with van der Waals surface area (Å²) in [5, 5.41) is 2.88. The maximum absolute atomic E-state index is 11.8. The van der Waals surface area contributed by atoms with Crippen molar-refractivity contribution >= 4 is 17.7 Å². The smallest absolute Gasteiger partial charge is 0.230 e. The van der Waals surface area contributed by atoms with Crippen LogP contribution in [0.15, 0.2) is 42.5 Å². The summed E-state index contributed by atoms with van der Waals surface area (Å²) >= 11 is 1.59. The van der Waals surface area contributed by atoms with Gasteiger partial charge in [-0.25, -0.2) is 0 Å². The monoisotopic (exact) mass is 359 g/mol. The van der Waals surface area contributed by atoms with Crippen molar-refractivity contribution in [1.29, 1.82) is 0 Å². The molecule has 2 rings (SSSR count). The molecule has 4 nitrogen and oxygen atoms in total. The zero-order valence-corrected chi connectivity index (χ0v) is 15.8. The van der Waals surface area contributed by atoms with Crippen molar-refractivity contribution in [3.63, 3.8) is 0 Å². The zero-order valence-electron chi connectivity index (χ0n) is 15.0. The van der Waals surface area contributed by atoms with E-state index in [4.69, 9.17) is 9.47 Å². The number of carbonyl (C=O) groups excluding carboxylic acids is 1. The average molecular weight is 359 g/mol. The Morgan fingerprint density at radius 2 is 1.76 bits per heavy atom. The Hall–Kier alpha value is -2.14. The number of hydrogen-bond acceptors (Lipinski definition) is 4. The third kappa shape index (κ3) is 6.70. The molecule has 0 aliphatic heterocycles. The minimum Gasteiger partial charge on any atom is -0.497 e. The lowest BCUT2D eigenvalue weighted by atomic mass is 10.1. The molecule has 0 unspecified atom stereocenters. The van der Waals surface area contributed by atoms with E-state index in [0.717, 1.165) is 17.3 Å². The maximum atomic E-state index is 11.8. The first-order chi connectivity index (χ1) is 12.1. The summed E-state index contributed by atoms with van der Waals surface area (Å²) in [5.41, 5.74) is 3.63. The fraction of sp³-hybridized carbons (Fsp3) is 0.350. The van der Waals surface area contributed by atoms with Gasteiger partial charge in [-0.15, -0.1) is 11.8 Å². The molecular weight excluding hydrogens is 334 g/mol. The van der Waals surface area contributed by atoms with Gasteiger partial charge >= 0.3 is 0 Å². The van der Waals surface area contributed by atoms with Gasteiger partial charge in [-0.1, -0.05) is 18.2 Å². The fourth-order valence-corrected chi connectivity index (χ4v) is 3.02. The molecule has 0 aromatic heterocycles. The molecule has 1 amide bonds. The van der Waals surface area contributed by atoms with Gasteiger partial charge in [-0.3, -0.25) is 4.79 Å². The number of thioether (sulfide) groups is 1. The minimum absolute atomic E-state index is 0.0298. The van der Waals surface area contributed by atoms with E-state index in [2.05, 4.69) is 19.2 Å². The number of methoxy groups -OCH3 is 1. The highest BCUT2D eigenvalue weighted by Gasteiger charge is 2.03. The predicted octanol–water partition coefficient (Wildman–Crippen LogP) is 3.74. The van der Waals surface area contributed by atoms with E-state index in [0.29, 0.717) is 18.9 Å². The van der Waals surface area contributed by atoms with Crippen LogP contribution in [0.25, 0.3) is 0 Å². The number of carbonyl (C=O) groups is 1. The van der Waals surface area contributed by atoms with Crippen LogP contribution < -0.4 is 14.8 Å². The van der Waals surface area contributed by atoms with E-state index >= 15 is 0 Å². The largest absolute Gasteiger partial charge is 0.497 e. The fourth-order valence-electron chi connectivity index (χ4n) is 2.20. The van der Waals surface area contributed by atoms with Crippen molar-refractivity contribution in [2.75, 3.05) is 26.0 Å². The molecular formula is C20H25NO3S. The highest BCUT2D eigenvalue weighted by Crippen LogP contribution is 2.17. The second kappa shape index (κ2) is 9.99. The van der Waals surface area contributed by atoms with Crippen molar-refractivity contribution in [2.24, 2.45) is 0 Å². The molecule has 2 aromatic carbocycles. The lowest BCUT2D eigenvalue weighted by Gasteiger charge is -2.09. The summed E-state index contributed by atoms with van der Waals surface area (Å²) in [4.78, 5) is 11.8. The second-order valence-corrected chi connectivity index (χ2v) is 6.77. The van der Waals surface area contributed by atoms with Gasteiger partial charge in [0, 0.05) is 5.75 Å². The Bertz CT molecular complexity index is 686. The first-order valence-electron chi connectivity index (χ1n) is 8.26. The maximum Gasteiger partial charge on any atom is 0.230 e. The van der Waals surface area contributed by atoms with E-state index in [-0.39, 0.29) is 5.91 Å². The molecule has 0 saturated carbocycles. The molecule has 5 heteroatoms. The Morgan fingerprint density at radius 1 is 1.04 bits per heavy atom. The third-order valence-corrected chi connectivity index (χ3v) is 4.84. The molecule has 0 aliphatic rings.